The molecule has 5 heteroatoms. The Balaban J connectivity index is 1.88. The minimum absolute atomic E-state index is 0.151. The lowest BCUT2D eigenvalue weighted by Gasteiger charge is -2.24. The first-order chi connectivity index (χ1) is 12.0. The standard InChI is InChI=1S/C20H20N2O2S/c1-14-8-7-11-18(12-14)24-16(3)19(23)22(17-9-5-4-6-10-17)20-21-15(2)13-25-20/h4-13,16H,1-3H3/t16-/m1/s1. The topological polar surface area (TPSA) is 42.4 Å². The van der Waals surface area contributed by atoms with Crippen LogP contribution in [0.5, 0.6) is 5.75 Å². The lowest BCUT2D eigenvalue weighted by atomic mass is 10.2. The number of carbonyl (C=O) groups excluding carboxylic acids is 1. The lowest BCUT2D eigenvalue weighted by Crippen LogP contribution is -2.37. The van der Waals surface area contributed by atoms with E-state index >= 15 is 0 Å². The van der Waals surface area contributed by atoms with Gasteiger partial charge in [-0.15, -0.1) is 11.3 Å². The molecule has 1 heterocycles. The van der Waals surface area contributed by atoms with Crippen LogP contribution in [0.25, 0.3) is 0 Å². The summed E-state index contributed by atoms with van der Waals surface area (Å²) in [5.74, 6) is 0.534. The number of anilines is 2. The van der Waals surface area contributed by atoms with Crippen LogP contribution >= 0.6 is 11.3 Å². The maximum absolute atomic E-state index is 13.1. The molecule has 0 saturated carbocycles. The van der Waals surface area contributed by atoms with Crippen molar-refractivity contribution >= 4 is 28.1 Å². The van der Waals surface area contributed by atoms with Gasteiger partial charge in [0.05, 0.1) is 11.4 Å². The molecule has 3 rings (SSSR count). The van der Waals surface area contributed by atoms with Crippen LogP contribution in [0, 0.1) is 13.8 Å². The molecular weight excluding hydrogens is 332 g/mol. The Morgan fingerprint density at radius 3 is 2.52 bits per heavy atom. The zero-order valence-corrected chi connectivity index (χ0v) is 15.3. The normalized spacial score (nSPS) is 11.8. The Bertz CT molecular complexity index is 861. The second-order valence-electron chi connectivity index (χ2n) is 5.86. The molecule has 0 aliphatic heterocycles. The maximum Gasteiger partial charge on any atom is 0.274 e. The van der Waals surface area contributed by atoms with Gasteiger partial charge >= 0.3 is 0 Å². The van der Waals surface area contributed by atoms with E-state index in [1.54, 1.807) is 11.8 Å². The van der Waals surface area contributed by atoms with E-state index in [1.165, 1.54) is 11.3 Å². The highest BCUT2D eigenvalue weighted by molar-refractivity contribution is 7.14. The summed E-state index contributed by atoms with van der Waals surface area (Å²) >= 11 is 1.45. The van der Waals surface area contributed by atoms with E-state index in [0.717, 1.165) is 16.9 Å². The van der Waals surface area contributed by atoms with E-state index in [-0.39, 0.29) is 5.91 Å². The summed E-state index contributed by atoms with van der Waals surface area (Å²) in [5, 5.41) is 2.58. The van der Waals surface area contributed by atoms with Gasteiger partial charge in [0, 0.05) is 5.38 Å². The number of hydrogen-bond acceptors (Lipinski definition) is 4. The van der Waals surface area contributed by atoms with Crippen LogP contribution in [0.2, 0.25) is 0 Å². The third kappa shape index (κ3) is 4.06. The monoisotopic (exact) mass is 352 g/mol. The molecule has 0 spiro atoms. The first-order valence-corrected chi connectivity index (χ1v) is 8.97. The molecule has 0 saturated heterocycles. The second-order valence-corrected chi connectivity index (χ2v) is 6.69. The van der Waals surface area contributed by atoms with Crippen molar-refractivity contribution < 1.29 is 9.53 Å². The van der Waals surface area contributed by atoms with Gasteiger partial charge in [-0.3, -0.25) is 9.69 Å². The lowest BCUT2D eigenvalue weighted by molar-refractivity contribution is -0.123. The number of ether oxygens (including phenoxy) is 1. The first-order valence-electron chi connectivity index (χ1n) is 8.09. The Morgan fingerprint density at radius 2 is 1.88 bits per heavy atom. The molecule has 1 aromatic heterocycles. The van der Waals surface area contributed by atoms with Crippen molar-refractivity contribution in [1.82, 2.24) is 4.98 Å². The highest BCUT2D eigenvalue weighted by Gasteiger charge is 2.27. The molecule has 0 radical (unpaired) electrons. The predicted octanol–water partition coefficient (Wildman–Crippen LogP) is 4.89. The Morgan fingerprint density at radius 1 is 1.12 bits per heavy atom. The number of benzene rings is 2. The molecule has 0 N–H and O–H groups in total. The third-order valence-electron chi connectivity index (χ3n) is 3.68. The van der Waals surface area contributed by atoms with E-state index in [2.05, 4.69) is 4.98 Å². The van der Waals surface area contributed by atoms with Crippen molar-refractivity contribution in [2.45, 2.75) is 26.9 Å². The van der Waals surface area contributed by atoms with Crippen molar-refractivity contribution in [1.29, 1.82) is 0 Å². The minimum atomic E-state index is -0.633. The quantitative estimate of drug-likeness (QED) is 0.656. The van der Waals surface area contributed by atoms with E-state index in [9.17, 15) is 4.79 Å². The van der Waals surface area contributed by atoms with Crippen LogP contribution in [0.15, 0.2) is 60.0 Å². The number of aryl methyl sites for hydroxylation is 2. The summed E-state index contributed by atoms with van der Waals surface area (Å²) in [6.07, 6.45) is -0.633. The summed E-state index contributed by atoms with van der Waals surface area (Å²) in [6, 6.07) is 17.2. The van der Waals surface area contributed by atoms with E-state index in [1.807, 2.05) is 73.8 Å². The van der Waals surface area contributed by atoms with Gasteiger partial charge in [-0.25, -0.2) is 4.98 Å². The fourth-order valence-electron chi connectivity index (χ4n) is 2.48. The zero-order chi connectivity index (χ0) is 17.8. The van der Waals surface area contributed by atoms with Gasteiger partial charge in [-0.1, -0.05) is 30.3 Å². The average molecular weight is 352 g/mol. The third-order valence-corrected chi connectivity index (χ3v) is 4.63. The van der Waals surface area contributed by atoms with Crippen LogP contribution in [0.3, 0.4) is 0 Å². The Kier molecular flexibility index (Phi) is 5.14. The number of nitrogens with zero attached hydrogens (tertiary/aromatic N) is 2. The van der Waals surface area contributed by atoms with Crippen molar-refractivity contribution in [3.63, 3.8) is 0 Å². The van der Waals surface area contributed by atoms with E-state index in [4.69, 9.17) is 4.74 Å². The molecule has 0 aliphatic rings. The fourth-order valence-corrected chi connectivity index (χ4v) is 3.30. The Hall–Kier alpha value is -2.66. The molecule has 0 bridgehead atoms. The van der Waals surface area contributed by atoms with Gasteiger partial charge in [0.25, 0.3) is 5.91 Å². The smallest absolute Gasteiger partial charge is 0.274 e. The SMILES string of the molecule is Cc1cccc(O[C@H](C)C(=O)N(c2ccccc2)c2nc(C)cs2)c1. The molecule has 0 unspecified atom stereocenters. The highest BCUT2D eigenvalue weighted by Crippen LogP contribution is 2.29. The van der Waals surface area contributed by atoms with Crippen molar-refractivity contribution in [2.75, 3.05) is 4.90 Å². The number of rotatable bonds is 5. The largest absolute Gasteiger partial charge is 0.481 e. The molecule has 0 fully saturated rings. The molecule has 128 valence electrons. The number of carbonyl (C=O) groups is 1. The fraction of sp³-hybridized carbons (Fsp3) is 0.200. The zero-order valence-electron chi connectivity index (χ0n) is 14.5. The van der Waals surface area contributed by atoms with Crippen LogP contribution in [0.4, 0.5) is 10.8 Å². The molecule has 3 aromatic rings. The summed E-state index contributed by atoms with van der Waals surface area (Å²) in [6.45, 7) is 5.68. The van der Waals surface area contributed by atoms with Gasteiger partial charge < -0.3 is 4.74 Å². The van der Waals surface area contributed by atoms with Crippen LogP contribution in [0.1, 0.15) is 18.2 Å². The highest BCUT2D eigenvalue weighted by atomic mass is 32.1. The van der Waals surface area contributed by atoms with Crippen LogP contribution in [-0.4, -0.2) is 17.0 Å². The summed E-state index contributed by atoms with van der Waals surface area (Å²) < 4.78 is 5.87. The molecule has 1 amide bonds. The summed E-state index contributed by atoms with van der Waals surface area (Å²) in [5.41, 5.74) is 2.76. The van der Waals surface area contributed by atoms with Crippen LogP contribution < -0.4 is 9.64 Å². The molecule has 2 aromatic carbocycles. The molecular formula is C20H20N2O2S. The van der Waals surface area contributed by atoms with Crippen molar-refractivity contribution in [2.24, 2.45) is 0 Å². The number of hydrogen-bond donors (Lipinski definition) is 0. The molecule has 4 nitrogen and oxygen atoms in total. The number of aromatic nitrogens is 1. The number of amides is 1. The van der Waals surface area contributed by atoms with Gasteiger partial charge in [0.2, 0.25) is 0 Å². The molecule has 0 aliphatic carbocycles. The summed E-state index contributed by atoms with van der Waals surface area (Å²) in [7, 11) is 0. The van der Waals surface area contributed by atoms with Crippen molar-refractivity contribution in [3.05, 3.63) is 71.2 Å². The molecule has 1 atom stereocenters. The first kappa shape index (κ1) is 17.2. The number of thiazole rings is 1. The van der Waals surface area contributed by atoms with E-state index < -0.39 is 6.10 Å². The summed E-state index contributed by atoms with van der Waals surface area (Å²) in [4.78, 5) is 19.2. The second kappa shape index (κ2) is 7.49. The predicted molar refractivity (Wildman–Crippen MR) is 102 cm³/mol. The van der Waals surface area contributed by atoms with Gasteiger partial charge in [0.15, 0.2) is 11.2 Å². The average Bonchev–Trinajstić information content (AvgIpc) is 3.02. The molecule has 25 heavy (non-hydrogen) atoms. The van der Waals surface area contributed by atoms with Crippen LogP contribution in [-0.2, 0) is 4.79 Å². The minimum Gasteiger partial charge on any atom is -0.481 e. The van der Waals surface area contributed by atoms with Gasteiger partial charge in [-0.05, 0) is 50.6 Å². The van der Waals surface area contributed by atoms with Crippen molar-refractivity contribution in [3.8, 4) is 5.75 Å². The number of para-hydroxylation sites is 1. The Labute approximate surface area is 151 Å². The van der Waals surface area contributed by atoms with E-state index in [0.29, 0.717) is 10.9 Å². The maximum atomic E-state index is 13.1. The van der Waals surface area contributed by atoms with Gasteiger partial charge in [0.1, 0.15) is 5.75 Å². The van der Waals surface area contributed by atoms with Gasteiger partial charge in [-0.2, -0.15) is 0 Å².